The van der Waals surface area contributed by atoms with Crippen LogP contribution in [0.5, 0.6) is 0 Å². The van der Waals surface area contributed by atoms with E-state index in [1.807, 2.05) is 30.3 Å². The number of amides is 2. The number of imide groups is 1. The minimum Gasteiger partial charge on any atom is -0.408 e. The standard InChI is InChI=1S/C25H18N6O5/c32-21-7-5-18(24(33)28-21)31-19-10-14(4-6-20(19)35-25(31)34)11-22-29-23(30-36-22)16-3-1-2-15(12-16)17-8-9-26-27-13-17/h1-4,6,8-10,12-13,18H,5,7,11H2,(H,28,32,33)/t18-/m1/s1. The van der Waals surface area contributed by atoms with Crippen molar-refractivity contribution < 1.29 is 18.5 Å². The summed E-state index contributed by atoms with van der Waals surface area (Å²) in [6, 6.07) is 14.0. The number of oxazole rings is 1. The fourth-order valence-electron chi connectivity index (χ4n) is 4.33. The fourth-order valence-corrected chi connectivity index (χ4v) is 4.33. The first-order valence-corrected chi connectivity index (χ1v) is 11.2. The van der Waals surface area contributed by atoms with Gasteiger partial charge in [-0.3, -0.25) is 19.5 Å². The monoisotopic (exact) mass is 482 g/mol. The van der Waals surface area contributed by atoms with Crippen molar-refractivity contribution >= 4 is 22.9 Å². The van der Waals surface area contributed by atoms with Gasteiger partial charge in [0.1, 0.15) is 6.04 Å². The first-order valence-electron chi connectivity index (χ1n) is 11.2. The number of hydrogen-bond donors (Lipinski definition) is 1. The highest BCUT2D eigenvalue weighted by Gasteiger charge is 2.31. The van der Waals surface area contributed by atoms with Crippen LogP contribution in [0.3, 0.4) is 0 Å². The van der Waals surface area contributed by atoms with Crippen LogP contribution in [0.4, 0.5) is 0 Å². The van der Waals surface area contributed by atoms with E-state index in [1.54, 1.807) is 30.6 Å². The number of aromatic nitrogens is 5. The van der Waals surface area contributed by atoms with Gasteiger partial charge in [0.25, 0.3) is 0 Å². The Balaban J connectivity index is 1.28. The van der Waals surface area contributed by atoms with Crippen molar-refractivity contribution in [2.75, 3.05) is 0 Å². The van der Waals surface area contributed by atoms with Gasteiger partial charge in [-0.15, -0.1) is 0 Å². The summed E-state index contributed by atoms with van der Waals surface area (Å²) in [6.45, 7) is 0. The summed E-state index contributed by atoms with van der Waals surface area (Å²) in [5.41, 5.74) is 4.26. The number of benzene rings is 2. The topological polar surface area (TPSA) is 146 Å². The highest BCUT2D eigenvalue weighted by Crippen LogP contribution is 2.26. The van der Waals surface area contributed by atoms with E-state index in [0.29, 0.717) is 29.2 Å². The van der Waals surface area contributed by atoms with Crippen molar-refractivity contribution in [2.24, 2.45) is 0 Å². The van der Waals surface area contributed by atoms with Crippen molar-refractivity contribution in [3.8, 4) is 22.5 Å². The molecule has 0 saturated carbocycles. The molecule has 3 aromatic heterocycles. The van der Waals surface area contributed by atoms with Crippen LogP contribution >= 0.6 is 0 Å². The summed E-state index contributed by atoms with van der Waals surface area (Å²) in [5, 5.41) is 14.1. The van der Waals surface area contributed by atoms with Crippen molar-refractivity contribution in [3.63, 3.8) is 0 Å². The third-order valence-electron chi connectivity index (χ3n) is 6.06. The Bertz CT molecular complexity index is 1670. The quantitative estimate of drug-likeness (QED) is 0.374. The Labute approximate surface area is 202 Å². The molecule has 36 heavy (non-hydrogen) atoms. The molecule has 11 nitrogen and oxygen atoms in total. The average molecular weight is 482 g/mol. The maximum absolute atomic E-state index is 12.5. The predicted molar refractivity (Wildman–Crippen MR) is 125 cm³/mol. The van der Waals surface area contributed by atoms with Gasteiger partial charge in [-0.05, 0) is 41.8 Å². The molecule has 5 aromatic rings. The maximum Gasteiger partial charge on any atom is 0.420 e. The van der Waals surface area contributed by atoms with Crippen molar-refractivity contribution in [3.05, 3.63) is 82.9 Å². The molecule has 6 rings (SSSR count). The maximum atomic E-state index is 12.5. The lowest BCUT2D eigenvalue weighted by molar-refractivity contribution is -0.135. The number of hydrogen-bond acceptors (Lipinski definition) is 9. The lowest BCUT2D eigenvalue weighted by Gasteiger charge is -2.21. The second-order valence-corrected chi connectivity index (χ2v) is 8.41. The SMILES string of the molecule is O=C1CC[C@@H](n2c(=O)oc3ccc(Cc4nc(-c5cccc(-c6ccnnc6)c5)no4)cc32)C(=O)N1. The van der Waals surface area contributed by atoms with Gasteiger partial charge in [0.2, 0.25) is 23.5 Å². The molecule has 11 heteroatoms. The minimum absolute atomic E-state index is 0.152. The Kier molecular flexibility index (Phi) is 5.21. The second kappa shape index (κ2) is 8.69. The molecule has 1 atom stereocenters. The van der Waals surface area contributed by atoms with E-state index in [-0.39, 0.29) is 18.7 Å². The van der Waals surface area contributed by atoms with E-state index in [9.17, 15) is 14.4 Å². The van der Waals surface area contributed by atoms with Crippen LogP contribution in [-0.2, 0) is 16.0 Å². The first kappa shape index (κ1) is 21.6. The van der Waals surface area contributed by atoms with Crippen LogP contribution in [0.1, 0.15) is 30.3 Å². The molecule has 1 fully saturated rings. The first-order chi connectivity index (χ1) is 17.5. The van der Waals surface area contributed by atoms with Crippen LogP contribution < -0.4 is 11.1 Å². The molecule has 0 unspecified atom stereocenters. The Morgan fingerprint density at radius 2 is 1.89 bits per heavy atom. The number of carbonyl (C=O) groups is 2. The number of rotatable bonds is 5. The van der Waals surface area contributed by atoms with E-state index >= 15 is 0 Å². The van der Waals surface area contributed by atoms with E-state index in [1.165, 1.54) is 4.57 Å². The molecule has 2 aromatic carbocycles. The number of piperidine rings is 1. The van der Waals surface area contributed by atoms with Gasteiger partial charge in [-0.25, -0.2) is 4.79 Å². The van der Waals surface area contributed by atoms with Crippen LogP contribution in [0.25, 0.3) is 33.6 Å². The summed E-state index contributed by atoms with van der Waals surface area (Å²) in [6.07, 6.45) is 4.00. The fraction of sp³-hybridized carbons (Fsp3) is 0.160. The van der Waals surface area contributed by atoms with Gasteiger partial charge in [0.05, 0.1) is 24.3 Å². The van der Waals surface area contributed by atoms with Crippen LogP contribution in [0, 0.1) is 0 Å². The molecule has 4 heterocycles. The summed E-state index contributed by atoms with van der Waals surface area (Å²) in [4.78, 5) is 40.9. The van der Waals surface area contributed by atoms with Crippen molar-refractivity contribution in [1.29, 1.82) is 0 Å². The lowest BCUT2D eigenvalue weighted by atomic mass is 10.0. The molecule has 2 amide bonds. The van der Waals surface area contributed by atoms with Crippen LogP contribution in [-0.4, -0.2) is 36.7 Å². The minimum atomic E-state index is -0.815. The van der Waals surface area contributed by atoms with Gasteiger partial charge in [0, 0.05) is 17.5 Å². The van der Waals surface area contributed by atoms with Crippen LogP contribution in [0.2, 0.25) is 0 Å². The van der Waals surface area contributed by atoms with Crippen molar-refractivity contribution in [1.82, 2.24) is 30.2 Å². The molecule has 178 valence electrons. The largest absolute Gasteiger partial charge is 0.420 e. The third kappa shape index (κ3) is 3.96. The number of fused-ring (bicyclic) bond motifs is 1. The normalized spacial score (nSPS) is 15.8. The van der Waals surface area contributed by atoms with E-state index < -0.39 is 17.7 Å². The summed E-state index contributed by atoms with van der Waals surface area (Å²) in [5.74, 6) is -0.695. The molecule has 1 aliphatic rings. The second-order valence-electron chi connectivity index (χ2n) is 8.41. The molecule has 0 radical (unpaired) electrons. The molecule has 1 aliphatic heterocycles. The zero-order valence-corrected chi connectivity index (χ0v) is 18.7. The van der Waals surface area contributed by atoms with E-state index in [0.717, 1.165) is 22.3 Å². The molecule has 1 N–H and O–H groups in total. The third-order valence-corrected chi connectivity index (χ3v) is 6.06. The Morgan fingerprint density at radius 3 is 2.72 bits per heavy atom. The zero-order valence-electron chi connectivity index (χ0n) is 18.7. The van der Waals surface area contributed by atoms with Gasteiger partial charge in [-0.2, -0.15) is 15.2 Å². The molecule has 0 spiro atoms. The number of nitrogens with zero attached hydrogens (tertiary/aromatic N) is 5. The number of nitrogens with one attached hydrogen (secondary N) is 1. The summed E-state index contributed by atoms with van der Waals surface area (Å²) in [7, 11) is 0. The molecule has 0 aliphatic carbocycles. The zero-order chi connectivity index (χ0) is 24.6. The molecular weight excluding hydrogens is 464 g/mol. The molecule has 0 bridgehead atoms. The lowest BCUT2D eigenvalue weighted by Crippen LogP contribution is -2.43. The van der Waals surface area contributed by atoms with E-state index in [4.69, 9.17) is 8.94 Å². The van der Waals surface area contributed by atoms with Gasteiger partial charge < -0.3 is 8.94 Å². The smallest absolute Gasteiger partial charge is 0.408 e. The number of carbonyl (C=O) groups excluding carboxylic acids is 2. The highest BCUT2D eigenvalue weighted by atomic mass is 16.5. The highest BCUT2D eigenvalue weighted by molar-refractivity contribution is 6.00. The van der Waals surface area contributed by atoms with Crippen molar-refractivity contribution in [2.45, 2.75) is 25.3 Å². The Morgan fingerprint density at radius 1 is 1.00 bits per heavy atom. The van der Waals surface area contributed by atoms with Crippen LogP contribution in [0.15, 0.2) is 74.7 Å². The predicted octanol–water partition coefficient (Wildman–Crippen LogP) is 2.67. The van der Waals surface area contributed by atoms with Gasteiger partial charge in [0.15, 0.2) is 5.58 Å². The average Bonchev–Trinajstić information content (AvgIpc) is 3.48. The summed E-state index contributed by atoms with van der Waals surface area (Å²) >= 11 is 0. The Hall–Kier alpha value is -4.93. The molecule has 1 saturated heterocycles. The van der Waals surface area contributed by atoms with Gasteiger partial charge >= 0.3 is 5.76 Å². The van der Waals surface area contributed by atoms with Gasteiger partial charge in [-0.1, -0.05) is 29.4 Å². The summed E-state index contributed by atoms with van der Waals surface area (Å²) < 4.78 is 12.1. The van der Waals surface area contributed by atoms with E-state index in [2.05, 4.69) is 25.7 Å². The molecular formula is C25H18N6O5.